The number of hydrogen-bond donors (Lipinski definition) is 1. The van der Waals surface area contributed by atoms with Crippen molar-refractivity contribution in [3.63, 3.8) is 0 Å². The molecule has 2 rings (SSSR count). The van der Waals surface area contributed by atoms with Crippen LogP contribution < -0.4 is 5.32 Å². The van der Waals surface area contributed by atoms with Gasteiger partial charge in [-0.15, -0.1) is 0 Å². The molecule has 0 aliphatic heterocycles. The molecule has 0 fully saturated rings. The average Bonchev–Trinajstić information content (AvgIpc) is 2.94. The summed E-state index contributed by atoms with van der Waals surface area (Å²) < 4.78 is 63.6. The number of aromatic nitrogens is 2. The van der Waals surface area contributed by atoms with E-state index in [2.05, 4.69) is 10.4 Å². The summed E-state index contributed by atoms with van der Waals surface area (Å²) in [6.07, 6.45) is -4.02. The predicted molar refractivity (Wildman–Crippen MR) is 76.3 cm³/mol. The van der Waals surface area contributed by atoms with Crippen molar-refractivity contribution in [3.05, 3.63) is 47.7 Å². The van der Waals surface area contributed by atoms with E-state index >= 15 is 0 Å². The number of alkyl halides is 3. The highest BCUT2D eigenvalue weighted by molar-refractivity contribution is 5.94. The second-order valence-corrected chi connectivity index (χ2v) is 5.21. The van der Waals surface area contributed by atoms with Crippen LogP contribution in [-0.4, -0.2) is 21.9 Å². The Morgan fingerprint density at radius 2 is 1.96 bits per heavy atom. The van der Waals surface area contributed by atoms with Crippen LogP contribution >= 0.6 is 0 Å². The molecule has 1 atom stereocenters. The van der Waals surface area contributed by atoms with Crippen LogP contribution in [0.15, 0.2) is 30.5 Å². The summed E-state index contributed by atoms with van der Waals surface area (Å²) in [4.78, 5) is 12.1. The van der Waals surface area contributed by atoms with E-state index in [0.29, 0.717) is 0 Å². The Morgan fingerprint density at radius 3 is 2.58 bits per heavy atom. The number of nitrogens with zero attached hydrogens (tertiary/aromatic N) is 2. The van der Waals surface area contributed by atoms with Gasteiger partial charge in [0.2, 0.25) is 5.91 Å². The van der Waals surface area contributed by atoms with Gasteiger partial charge >= 0.3 is 6.18 Å². The maximum atomic E-state index is 13.2. The van der Waals surface area contributed by atoms with E-state index in [-0.39, 0.29) is 17.9 Å². The molecule has 2 aromatic rings. The topological polar surface area (TPSA) is 46.9 Å². The minimum Gasteiger partial charge on any atom is -0.309 e. The van der Waals surface area contributed by atoms with Crippen molar-refractivity contribution in [1.82, 2.24) is 9.78 Å². The fourth-order valence-corrected chi connectivity index (χ4v) is 1.96. The predicted octanol–water partition coefficient (Wildman–Crippen LogP) is 3.86. The third-order valence-electron chi connectivity index (χ3n) is 3.35. The first-order chi connectivity index (χ1) is 11.2. The molecule has 1 unspecified atom stereocenters. The van der Waals surface area contributed by atoms with Crippen LogP contribution in [-0.2, 0) is 11.3 Å². The van der Waals surface area contributed by atoms with Crippen LogP contribution in [0, 0.1) is 11.6 Å². The molecule has 1 aromatic carbocycles. The number of hydrogen-bond acceptors (Lipinski definition) is 2. The molecule has 0 bridgehead atoms. The van der Waals surface area contributed by atoms with Gasteiger partial charge in [-0.25, -0.2) is 8.78 Å². The SMILES string of the molecule is CC(C(=O)Nc1ccn(CCC(F)(F)F)n1)c1ccc(F)c(F)c1. The first kappa shape index (κ1) is 17.9. The quantitative estimate of drug-likeness (QED) is 0.835. The van der Waals surface area contributed by atoms with Crippen molar-refractivity contribution >= 4 is 11.7 Å². The molecule has 9 heteroatoms. The molecule has 130 valence electrons. The number of aryl methyl sites for hydroxylation is 1. The molecule has 0 aliphatic rings. The van der Waals surface area contributed by atoms with Crippen LogP contribution in [0.2, 0.25) is 0 Å². The monoisotopic (exact) mass is 347 g/mol. The second kappa shape index (κ2) is 6.98. The molecular formula is C15H14F5N3O. The van der Waals surface area contributed by atoms with Crippen LogP contribution in [0.3, 0.4) is 0 Å². The molecule has 1 amide bonds. The van der Waals surface area contributed by atoms with Gasteiger partial charge in [-0.2, -0.15) is 18.3 Å². The van der Waals surface area contributed by atoms with E-state index in [0.717, 1.165) is 16.8 Å². The molecule has 4 nitrogen and oxygen atoms in total. The lowest BCUT2D eigenvalue weighted by Crippen LogP contribution is -2.19. The van der Waals surface area contributed by atoms with Crippen molar-refractivity contribution in [3.8, 4) is 0 Å². The van der Waals surface area contributed by atoms with E-state index < -0.39 is 36.1 Å². The Balaban J connectivity index is 1.99. The van der Waals surface area contributed by atoms with Gasteiger partial charge in [-0.3, -0.25) is 9.48 Å². The molecule has 1 N–H and O–H groups in total. The minimum absolute atomic E-state index is 0.0802. The summed E-state index contributed by atoms with van der Waals surface area (Å²) in [5.74, 6) is -3.34. The zero-order valence-electron chi connectivity index (χ0n) is 12.6. The lowest BCUT2D eigenvalue weighted by Gasteiger charge is -2.11. The minimum atomic E-state index is -4.30. The standard InChI is InChI=1S/C15H14F5N3O/c1-9(10-2-3-11(16)12(17)8-10)14(24)21-13-4-6-23(22-13)7-5-15(18,19)20/h2-4,6,8-9H,5,7H2,1H3,(H,21,22,24). The van der Waals surface area contributed by atoms with Gasteiger partial charge in [0.05, 0.1) is 12.3 Å². The zero-order chi connectivity index (χ0) is 17.9. The molecule has 0 radical (unpaired) electrons. The van der Waals surface area contributed by atoms with Crippen LogP contribution in [0.4, 0.5) is 27.8 Å². The largest absolute Gasteiger partial charge is 0.390 e. The molecule has 1 aromatic heterocycles. The molecule has 0 spiro atoms. The number of carbonyl (C=O) groups is 1. The Kier molecular flexibility index (Phi) is 5.20. The number of halogens is 5. The average molecular weight is 347 g/mol. The number of anilines is 1. The summed E-state index contributed by atoms with van der Waals surface area (Å²) in [6, 6.07) is 4.47. The summed E-state index contributed by atoms with van der Waals surface area (Å²) in [6.45, 7) is 1.13. The van der Waals surface area contributed by atoms with E-state index in [1.54, 1.807) is 0 Å². The normalized spacial score (nSPS) is 12.9. The molecular weight excluding hydrogens is 333 g/mol. The third kappa shape index (κ3) is 4.77. The summed E-state index contributed by atoms with van der Waals surface area (Å²) >= 11 is 0. The van der Waals surface area contributed by atoms with Gasteiger partial charge in [0.15, 0.2) is 17.5 Å². The summed E-state index contributed by atoms with van der Waals surface area (Å²) in [5, 5.41) is 6.24. The second-order valence-electron chi connectivity index (χ2n) is 5.21. The van der Waals surface area contributed by atoms with Crippen LogP contribution in [0.25, 0.3) is 0 Å². The Bertz CT molecular complexity index is 726. The molecule has 0 saturated heterocycles. The number of carbonyl (C=O) groups excluding carboxylic acids is 1. The highest BCUT2D eigenvalue weighted by atomic mass is 19.4. The van der Waals surface area contributed by atoms with Crippen molar-refractivity contribution in [1.29, 1.82) is 0 Å². The van der Waals surface area contributed by atoms with Crippen molar-refractivity contribution in [2.24, 2.45) is 0 Å². The summed E-state index contributed by atoms with van der Waals surface area (Å²) in [5.41, 5.74) is 0.267. The molecule has 1 heterocycles. The molecule has 0 aliphatic carbocycles. The number of rotatable bonds is 5. The smallest absolute Gasteiger partial charge is 0.309 e. The Labute approximate surface area is 134 Å². The van der Waals surface area contributed by atoms with E-state index in [4.69, 9.17) is 0 Å². The maximum Gasteiger partial charge on any atom is 0.390 e. The molecule has 0 saturated carbocycles. The highest BCUT2D eigenvalue weighted by Gasteiger charge is 2.26. The lowest BCUT2D eigenvalue weighted by atomic mass is 10.0. The lowest BCUT2D eigenvalue weighted by molar-refractivity contribution is -0.137. The fraction of sp³-hybridized carbons (Fsp3) is 0.333. The van der Waals surface area contributed by atoms with E-state index in [1.807, 2.05) is 0 Å². The summed E-state index contributed by atoms with van der Waals surface area (Å²) in [7, 11) is 0. The van der Waals surface area contributed by atoms with Gasteiger partial charge in [0.1, 0.15) is 0 Å². The Morgan fingerprint density at radius 1 is 1.25 bits per heavy atom. The van der Waals surface area contributed by atoms with Gasteiger partial charge < -0.3 is 5.32 Å². The van der Waals surface area contributed by atoms with Gasteiger partial charge in [0.25, 0.3) is 0 Å². The number of nitrogens with one attached hydrogen (secondary N) is 1. The first-order valence-corrected chi connectivity index (χ1v) is 7.02. The van der Waals surface area contributed by atoms with Crippen molar-refractivity contribution in [2.75, 3.05) is 5.32 Å². The van der Waals surface area contributed by atoms with Gasteiger partial charge in [-0.05, 0) is 24.6 Å². The zero-order valence-corrected chi connectivity index (χ0v) is 12.6. The van der Waals surface area contributed by atoms with E-state index in [1.165, 1.54) is 25.3 Å². The maximum absolute atomic E-state index is 13.2. The van der Waals surface area contributed by atoms with Crippen LogP contribution in [0.5, 0.6) is 0 Å². The number of benzene rings is 1. The van der Waals surface area contributed by atoms with Crippen molar-refractivity contribution < 1.29 is 26.7 Å². The van der Waals surface area contributed by atoms with E-state index in [9.17, 15) is 26.7 Å². The van der Waals surface area contributed by atoms with Crippen LogP contribution in [0.1, 0.15) is 24.8 Å². The van der Waals surface area contributed by atoms with Gasteiger partial charge in [-0.1, -0.05) is 6.07 Å². The first-order valence-electron chi connectivity index (χ1n) is 7.02. The van der Waals surface area contributed by atoms with Crippen molar-refractivity contribution in [2.45, 2.75) is 32.0 Å². The molecule has 24 heavy (non-hydrogen) atoms. The number of amides is 1. The third-order valence-corrected chi connectivity index (χ3v) is 3.35. The Hall–Kier alpha value is -2.45. The highest BCUT2D eigenvalue weighted by Crippen LogP contribution is 2.21. The fourth-order valence-electron chi connectivity index (χ4n) is 1.96. The van der Waals surface area contributed by atoms with Gasteiger partial charge in [0, 0.05) is 18.8 Å².